The highest BCUT2D eigenvalue weighted by Gasteiger charge is 2.32. The molecule has 0 bridgehead atoms. The molecule has 2 heteroatoms. The molecule has 2 nitrogen and oxygen atoms in total. The molecule has 0 saturated carbocycles. The molecule has 0 aromatic heterocycles. The summed E-state index contributed by atoms with van der Waals surface area (Å²) in [5, 5.41) is 0. The minimum absolute atomic E-state index is 0.432. The third-order valence-electron chi connectivity index (χ3n) is 4.94. The van der Waals surface area contributed by atoms with Crippen LogP contribution in [0.2, 0.25) is 0 Å². The summed E-state index contributed by atoms with van der Waals surface area (Å²) in [6.07, 6.45) is 26.8. The van der Waals surface area contributed by atoms with E-state index >= 15 is 0 Å². The Bertz CT molecular complexity index is 340. The van der Waals surface area contributed by atoms with Gasteiger partial charge in [0.2, 0.25) is 0 Å². The maximum atomic E-state index is 5.93. The molecular formula is C23H42O2. The van der Waals surface area contributed by atoms with Gasteiger partial charge in [0.1, 0.15) is 0 Å². The Morgan fingerprint density at radius 1 is 0.680 bits per heavy atom. The van der Waals surface area contributed by atoms with Crippen LogP contribution in [0.5, 0.6) is 0 Å². The zero-order valence-corrected chi connectivity index (χ0v) is 16.9. The molecule has 0 atom stereocenters. The Labute approximate surface area is 157 Å². The molecule has 1 rings (SSSR count). The van der Waals surface area contributed by atoms with Crippen molar-refractivity contribution in [3.63, 3.8) is 0 Å². The Kier molecular flexibility index (Phi) is 14.0. The molecule has 0 radical (unpaired) electrons. The third kappa shape index (κ3) is 11.6. The normalized spacial score (nSPS) is 17.2. The fraction of sp³-hybridized carbons (Fsp3) is 0.826. The quantitative estimate of drug-likeness (QED) is 0.214. The molecule has 0 aliphatic carbocycles. The minimum Gasteiger partial charge on any atom is -0.344 e. The highest BCUT2D eigenvalue weighted by molar-refractivity contribution is 5.01. The zero-order valence-electron chi connectivity index (χ0n) is 16.9. The van der Waals surface area contributed by atoms with Crippen LogP contribution < -0.4 is 0 Å². The molecule has 1 fully saturated rings. The number of ether oxygens (including phenoxy) is 2. The van der Waals surface area contributed by atoms with E-state index in [1.807, 2.05) is 0 Å². The summed E-state index contributed by atoms with van der Waals surface area (Å²) in [6.45, 7) is 5.99. The second-order valence-electron chi connectivity index (χ2n) is 7.34. The molecule has 0 spiro atoms. The molecule has 0 N–H and O–H groups in total. The van der Waals surface area contributed by atoms with Crippen LogP contribution in [0.4, 0.5) is 0 Å². The molecular weight excluding hydrogens is 308 g/mol. The van der Waals surface area contributed by atoms with Crippen molar-refractivity contribution in [1.29, 1.82) is 0 Å². The second kappa shape index (κ2) is 15.6. The van der Waals surface area contributed by atoms with Crippen molar-refractivity contribution in [3.05, 3.63) is 24.3 Å². The van der Waals surface area contributed by atoms with Crippen molar-refractivity contribution in [2.75, 3.05) is 13.2 Å². The Morgan fingerprint density at radius 3 is 1.96 bits per heavy atom. The lowest BCUT2D eigenvalue weighted by Crippen LogP contribution is -2.27. The van der Waals surface area contributed by atoms with Gasteiger partial charge in [-0.15, -0.1) is 0 Å². The largest absolute Gasteiger partial charge is 0.344 e. The van der Waals surface area contributed by atoms with Crippen molar-refractivity contribution >= 4 is 0 Å². The second-order valence-corrected chi connectivity index (χ2v) is 7.34. The molecule has 25 heavy (non-hydrogen) atoms. The summed E-state index contributed by atoms with van der Waals surface area (Å²) in [5.74, 6) is -0.432. The van der Waals surface area contributed by atoms with Gasteiger partial charge in [-0.3, -0.25) is 0 Å². The van der Waals surface area contributed by atoms with E-state index in [0.717, 1.165) is 26.1 Å². The first-order valence-corrected chi connectivity index (χ1v) is 10.9. The average molecular weight is 351 g/mol. The predicted octanol–water partition coefficient (Wildman–Crippen LogP) is 7.34. The van der Waals surface area contributed by atoms with E-state index in [9.17, 15) is 0 Å². The minimum atomic E-state index is -0.432. The van der Waals surface area contributed by atoms with E-state index in [-0.39, 0.29) is 0 Å². The van der Waals surface area contributed by atoms with Gasteiger partial charge in [-0.2, -0.15) is 0 Å². The summed E-state index contributed by atoms with van der Waals surface area (Å²) in [7, 11) is 0. The lowest BCUT2D eigenvalue weighted by Gasteiger charge is -2.23. The lowest BCUT2D eigenvalue weighted by molar-refractivity contribution is -0.122. The third-order valence-corrected chi connectivity index (χ3v) is 4.94. The molecule has 1 aliphatic heterocycles. The van der Waals surface area contributed by atoms with Crippen LogP contribution in [0.25, 0.3) is 0 Å². The maximum absolute atomic E-state index is 5.93. The van der Waals surface area contributed by atoms with Crippen LogP contribution in [0.15, 0.2) is 24.3 Å². The van der Waals surface area contributed by atoms with Gasteiger partial charge in [0.25, 0.3) is 0 Å². The number of hydrogen-bond acceptors (Lipinski definition) is 2. The van der Waals surface area contributed by atoms with Crippen molar-refractivity contribution < 1.29 is 9.47 Å². The van der Waals surface area contributed by atoms with Gasteiger partial charge in [-0.25, -0.2) is 0 Å². The summed E-state index contributed by atoms with van der Waals surface area (Å²) in [6, 6.07) is 0. The van der Waals surface area contributed by atoms with Crippen LogP contribution in [0.3, 0.4) is 0 Å². The predicted molar refractivity (Wildman–Crippen MR) is 109 cm³/mol. The molecule has 1 aliphatic rings. The Morgan fingerprint density at radius 2 is 1.28 bits per heavy atom. The van der Waals surface area contributed by atoms with Crippen LogP contribution in [-0.4, -0.2) is 19.0 Å². The van der Waals surface area contributed by atoms with Crippen molar-refractivity contribution in [1.82, 2.24) is 0 Å². The summed E-state index contributed by atoms with van der Waals surface area (Å²) in [4.78, 5) is 0. The van der Waals surface area contributed by atoms with Gasteiger partial charge < -0.3 is 9.47 Å². The summed E-state index contributed by atoms with van der Waals surface area (Å²) in [5.41, 5.74) is 0. The monoisotopic (exact) mass is 350 g/mol. The number of unbranched alkanes of at least 4 members (excludes halogenated alkanes) is 10. The Balaban J connectivity index is 2.15. The summed E-state index contributed by atoms with van der Waals surface area (Å²) < 4.78 is 11.9. The van der Waals surface area contributed by atoms with E-state index < -0.39 is 5.79 Å². The summed E-state index contributed by atoms with van der Waals surface area (Å²) >= 11 is 0. The number of hydrogen-bond donors (Lipinski definition) is 0. The molecule has 0 aromatic rings. The van der Waals surface area contributed by atoms with Gasteiger partial charge in [0, 0.05) is 6.42 Å². The first-order valence-electron chi connectivity index (χ1n) is 10.9. The van der Waals surface area contributed by atoms with Gasteiger partial charge in [-0.1, -0.05) is 89.9 Å². The topological polar surface area (TPSA) is 18.5 Å². The van der Waals surface area contributed by atoms with Crippen molar-refractivity contribution in [2.45, 2.75) is 110 Å². The van der Waals surface area contributed by atoms with Crippen LogP contribution >= 0.6 is 0 Å². The van der Waals surface area contributed by atoms with Crippen molar-refractivity contribution in [2.24, 2.45) is 0 Å². The van der Waals surface area contributed by atoms with E-state index in [0.29, 0.717) is 0 Å². The van der Waals surface area contributed by atoms with E-state index in [4.69, 9.17) is 9.47 Å². The highest BCUT2D eigenvalue weighted by atomic mass is 16.7. The van der Waals surface area contributed by atoms with Gasteiger partial charge in [0.05, 0.1) is 13.2 Å². The smallest absolute Gasteiger partial charge is 0.187 e. The average Bonchev–Trinajstić information content (AvgIpc) is 3.09. The van der Waals surface area contributed by atoms with Crippen LogP contribution in [-0.2, 0) is 9.47 Å². The Hall–Kier alpha value is -0.600. The van der Waals surface area contributed by atoms with Crippen molar-refractivity contribution in [3.8, 4) is 0 Å². The lowest BCUT2D eigenvalue weighted by atomic mass is 10.0. The first kappa shape index (κ1) is 22.4. The number of allylic oxidation sites excluding steroid dienone is 3. The highest BCUT2D eigenvalue weighted by Crippen LogP contribution is 2.28. The van der Waals surface area contributed by atoms with Gasteiger partial charge in [0.15, 0.2) is 5.79 Å². The van der Waals surface area contributed by atoms with Crippen LogP contribution in [0.1, 0.15) is 104 Å². The number of rotatable bonds is 16. The fourth-order valence-electron chi connectivity index (χ4n) is 3.35. The molecule has 0 unspecified atom stereocenters. The molecule has 1 saturated heterocycles. The standard InChI is InChI=1S/C23H42O2/c1-3-5-7-9-11-13-15-17-19-23(24-21-22-25-23)20-18-16-14-12-10-8-6-4-2/h11,13,17,19H,3-10,12,14-16,18,20-22H2,1-2H3/b13-11-,19-17-. The van der Waals surface area contributed by atoms with Gasteiger partial charge in [-0.05, 0) is 31.8 Å². The van der Waals surface area contributed by atoms with E-state index in [1.165, 1.54) is 77.0 Å². The van der Waals surface area contributed by atoms with E-state index in [1.54, 1.807) is 0 Å². The molecule has 1 heterocycles. The van der Waals surface area contributed by atoms with E-state index in [2.05, 4.69) is 38.2 Å². The SMILES string of the molecule is CCCCC/C=C\C/C=C\C1(CCCCCCCCCC)OCCO1. The van der Waals surface area contributed by atoms with Crippen LogP contribution in [0, 0.1) is 0 Å². The molecule has 0 aromatic carbocycles. The molecule has 146 valence electrons. The zero-order chi connectivity index (χ0) is 18.1. The maximum Gasteiger partial charge on any atom is 0.187 e. The fourth-order valence-corrected chi connectivity index (χ4v) is 3.35. The molecule has 0 amide bonds. The van der Waals surface area contributed by atoms with Gasteiger partial charge >= 0.3 is 0 Å². The first-order chi connectivity index (χ1) is 12.3.